The molecule has 0 saturated carbocycles. The van der Waals surface area contributed by atoms with Crippen LogP contribution in [0.15, 0.2) is 4.99 Å². The zero-order valence-corrected chi connectivity index (χ0v) is 16.2. The number of nitrogens with zero attached hydrogens (tertiary/aromatic N) is 1. The Hall–Kier alpha value is -0.829. The van der Waals surface area contributed by atoms with Gasteiger partial charge in [0.25, 0.3) is 0 Å². The number of rotatable bonds is 9. The molecule has 0 radical (unpaired) electrons. The van der Waals surface area contributed by atoms with Gasteiger partial charge in [0.1, 0.15) is 6.04 Å². The van der Waals surface area contributed by atoms with E-state index in [0.717, 1.165) is 0 Å². The minimum Gasteiger partial charge on any atom is -0.550 e. The summed E-state index contributed by atoms with van der Waals surface area (Å²) >= 11 is 0. The molecule has 22 heavy (non-hydrogen) atoms. The number of hydrogen-bond donors (Lipinski definition) is 4. The minimum atomic E-state index is -1.65. The van der Waals surface area contributed by atoms with Gasteiger partial charge in [-0.3, -0.25) is 9.79 Å². The average Bonchev–Trinajstić information content (AvgIpc) is 2.32. The van der Waals surface area contributed by atoms with Gasteiger partial charge in [0.05, 0.1) is 12.0 Å². The fraction of sp³-hybridized carbons (Fsp3) is 0.600. The van der Waals surface area contributed by atoms with Crippen LogP contribution in [0.1, 0.15) is 19.3 Å². The van der Waals surface area contributed by atoms with E-state index in [1.165, 1.54) is 0 Å². The maximum absolute atomic E-state index is 10.6. The normalized spacial score (nSPS) is 13.0. The first kappa shape index (κ1) is 26.1. The number of nitrogens with one attached hydrogen (secondary N) is 1. The Morgan fingerprint density at radius 2 is 1.82 bits per heavy atom. The van der Waals surface area contributed by atoms with Gasteiger partial charge in [0, 0.05) is 18.9 Å². The summed E-state index contributed by atoms with van der Waals surface area (Å²) in [6, 6.07) is -2.56. The molecular weight excluding hydrogens is 435 g/mol. The second-order valence-corrected chi connectivity index (χ2v) is 3.95. The van der Waals surface area contributed by atoms with Crippen molar-refractivity contribution in [2.45, 2.75) is 31.3 Å². The second-order valence-electron chi connectivity index (χ2n) is 3.95. The number of guanidine groups is 1. The van der Waals surface area contributed by atoms with E-state index in [0.29, 0.717) is 6.42 Å². The molecule has 0 heterocycles. The number of aliphatic imine (C=N–C) groups is 1. The number of aliphatic carboxylic acids is 3. The topological polar surface area (TPSA) is 225 Å². The molecule has 0 aromatic carbocycles. The Labute approximate surface area is 166 Å². The van der Waals surface area contributed by atoms with Crippen molar-refractivity contribution >= 4 is 72.7 Å². The molecule has 0 bridgehead atoms. The molecule has 0 aromatic rings. The van der Waals surface area contributed by atoms with Crippen LogP contribution in [-0.4, -0.2) is 102 Å². The fourth-order valence-corrected chi connectivity index (χ4v) is 1.22. The van der Waals surface area contributed by atoms with Gasteiger partial charge in [-0.15, -0.1) is 0 Å². The van der Waals surface area contributed by atoms with Crippen LogP contribution in [0.25, 0.3) is 0 Å². The van der Waals surface area contributed by atoms with Crippen molar-refractivity contribution in [2.75, 3.05) is 6.54 Å². The van der Waals surface area contributed by atoms with E-state index >= 15 is 0 Å². The van der Waals surface area contributed by atoms with Crippen molar-refractivity contribution in [3.8, 4) is 0 Å². The van der Waals surface area contributed by atoms with Crippen molar-refractivity contribution in [3.05, 3.63) is 0 Å². The van der Waals surface area contributed by atoms with Crippen molar-refractivity contribution in [1.29, 1.82) is 0 Å². The smallest absolute Gasteiger partial charge is 0.550 e. The maximum Gasteiger partial charge on any atom is 2.00 e. The molecule has 8 N–H and O–H groups in total. The van der Waals surface area contributed by atoms with E-state index in [2.05, 4.69) is 10.3 Å². The molecule has 122 valence electrons. The third kappa shape index (κ3) is 12.9. The first-order valence-corrected chi connectivity index (χ1v) is 5.69. The molecule has 0 unspecified atom stereocenters. The Morgan fingerprint density at radius 1 is 1.27 bits per heavy atom. The van der Waals surface area contributed by atoms with Crippen molar-refractivity contribution < 1.29 is 35.2 Å². The molecule has 0 saturated heterocycles. The summed E-state index contributed by atoms with van der Waals surface area (Å²) in [5.74, 6) is -4.65. The molecular formula is C10H18BaN4O7. The molecule has 12 heteroatoms. The predicted octanol–water partition coefficient (Wildman–Crippen LogP) is -5.86. The van der Waals surface area contributed by atoms with Gasteiger partial charge in [0.2, 0.25) is 0 Å². The third-order valence-corrected chi connectivity index (χ3v) is 2.25. The first-order valence-electron chi connectivity index (χ1n) is 5.69. The number of carboxylic acid groups (broad SMARTS) is 3. The molecule has 0 fully saturated rings. The number of nitrogens with two attached hydrogens (primary N) is 2. The molecule has 0 spiro atoms. The average molecular weight is 454 g/mol. The zero-order chi connectivity index (χ0) is 15.7. The van der Waals surface area contributed by atoms with E-state index in [4.69, 9.17) is 16.6 Å². The van der Waals surface area contributed by atoms with Crippen LogP contribution in [-0.2, 0) is 14.4 Å². The fourth-order valence-electron chi connectivity index (χ4n) is 1.22. The number of carboxylic acids is 3. The Morgan fingerprint density at radius 3 is 2.23 bits per heavy atom. The number of carbonyl (C=O) groups is 3. The van der Waals surface area contributed by atoms with Crippen molar-refractivity contribution in [3.63, 3.8) is 0 Å². The van der Waals surface area contributed by atoms with Crippen LogP contribution in [0.5, 0.6) is 0 Å². The quantitative estimate of drug-likeness (QED) is 0.0650. The summed E-state index contributed by atoms with van der Waals surface area (Å²) in [7, 11) is 0. The van der Waals surface area contributed by atoms with Crippen molar-refractivity contribution in [2.24, 2.45) is 16.5 Å². The van der Waals surface area contributed by atoms with E-state index in [1.54, 1.807) is 0 Å². The van der Waals surface area contributed by atoms with Crippen LogP contribution in [0.4, 0.5) is 0 Å². The van der Waals surface area contributed by atoms with E-state index in [9.17, 15) is 24.6 Å². The van der Waals surface area contributed by atoms with Gasteiger partial charge in [-0.1, -0.05) is 0 Å². The minimum absolute atomic E-state index is 0. The summed E-state index contributed by atoms with van der Waals surface area (Å²) in [4.78, 5) is 35.0. The van der Waals surface area contributed by atoms with Gasteiger partial charge in [-0.2, -0.15) is 0 Å². The number of hydrogen-bond acceptors (Lipinski definition) is 7. The van der Waals surface area contributed by atoms with Crippen LogP contribution < -0.4 is 27.0 Å². The molecule has 11 nitrogen and oxygen atoms in total. The Bertz CT molecular complexity index is 405. The van der Waals surface area contributed by atoms with Crippen molar-refractivity contribution in [1.82, 2.24) is 5.32 Å². The predicted molar refractivity (Wildman–Crippen MR) is 72.3 cm³/mol. The molecule has 0 aliphatic rings. The van der Waals surface area contributed by atoms with Gasteiger partial charge in [-0.25, -0.2) is 0 Å². The molecule has 0 rings (SSSR count). The van der Waals surface area contributed by atoms with E-state index in [-0.39, 0.29) is 73.3 Å². The van der Waals surface area contributed by atoms with Gasteiger partial charge < -0.3 is 47.2 Å². The first-order chi connectivity index (χ1) is 9.23. The molecule has 0 amide bonds. The summed E-state index contributed by atoms with van der Waals surface area (Å²) in [5.41, 5.74) is 10.6. The van der Waals surface area contributed by atoms with Gasteiger partial charge in [-0.05, 0) is 12.8 Å². The summed E-state index contributed by atoms with van der Waals surface area (Å²) in [6.07, 6.45) is -0.316. The zero-order valence-electron chi connectivity index (χ0n) is 11.8. The maximum atomic E-state index is 10.6. The van der Waals surface area contributed by atoms with Gasteiger partial charge >= 0.3 is 54.9 Å². The second kappa shape index (κ2) is 13.8. The Balaban J connectivity index is -0.00000180. The molecule has 0 aliphatic heterocycles. The number of carbonyl (C=O) groups excluding carboxylic acids is 2. The summed E-state index contributed by atoms with van der Waals surface area (Å²) in [6.45, 7) is 0.116. The molecule has 2 atom stereocenters. The van der Waals surface area contributed by atoms with Crippen LogP contribution >= 0.6 is 0 Å². The van der Waals surface area contributed by atoms with E-state index < -0.39 is 36.4 Å². The summed E-state index contributed by atoms with van der Waals surface area (Å²) < 4.78 is 0. The van der Waals surface area contributed by atoms with Crippen LogP contribution in [0, 0.1) is 0 Å². The molecule has 0 aliphatic carbocycles. The van der Waals surface area contributed by atoms with Gasteiger partial charge in [0.15, 0.2) is 5.96 Å². The standard InChI is InChI=1S/C10H18N4O6.Ba.H2O/c11-5(8(17)18)2-1-3-13-10(12)14-6(9(19)20)4-7(15)16;;/h5-6H,1-4,11H2,(H,15,16)(H,17,18)(H,19,20)(H3,12,13,14);;1H2/q;+2;/p-2/t5-,6-;;/m0../s1/i1+1,2+1,3+1,5+1,8+1,10+1,11+1,12+1,13+1,14+1;;. The SMILES string of the molecule is O.[15NH2][13C](=[15N][13CH2][13CH2][13CH2][13C@H]([15NH2])[13C](=O)O)[15NH][C@@H](CC(=O)[O-])C(=O)[O-].[Ba+2]. The summed E-state index contributed by atoms with van der Waals surface area (Å²) in [5, 5.41) is 31.6. The van der Waals surface area contributed by atoms with Crippen LogP contribution in [0.3, 0.4) is 0 Å². The Kier molecular flexibility index (Phi) is 16.4. The van der Waals surface area contributed by atoms with E-state index in [1.807, 2.05) is 0 Å². The van der Waals surface area contributed by atoms with Crippen LogP contribution in [0.2, 0.25) is 0 Å². The monoisotopic (exact) mass is 454 g/mol. The largest absolute Gasteiger partial charge is 2.00 e. The molecule has 0 aromatic heterocycles. The third-order valence-electron chi connectivity index (χ3n) is 2.25.